The van der Waals surface area contributed by atoms with E-state index in [2.05, 4.69) is 10.3 Å². The minimum atomic E-state index is -1.32. The van der Waals surface area contributed by atoms with E-state index >= 15 is 0 Å². The Morgan fingerprint density at radius 2 is 1.74 bits per heavy atom. The van der Waals surface area contributed by atoms with Crippen molar-refractivity contribution < 1.29 is 19.2 Å². The molecule has 0 aliphatic carbocycles. The lowest BCUT2D eigenvalue weighted by Gasteiger charge is -2.17. The lowest BCUT2D eigenvalue weighted by molar-refractivity contribution is -0.384. The number of amides is 1. The number of nitrogens with one attached hydrogen (secondary N) is 1. The number of nitrogens with zero attached hydrogens (tertiary/aromatic N) is 2. The third-order valence-corrected chi connectivity index (χ3v) is 5.19. The number of aryl methyl sites for hydroxylation is 1. The molecule has 0 saturated carbocycles. The minimum absolute atomic E-state index is 0.0125. The second-order valence-electron chi connectivity index (χ2n) is 7.76. The first-order chi connectivity index (χ1) is 16.9. The topological polar surface area (TPSA) is 111 Å². The first-order valence-corrected chi connectivity index (χ1v) is 10.8. The Morgan fingerprint density at radius 1 is 1.00 bits per heavy atom. The maximum absolute atomic E-state index is 13.1. The molecule has 35 heavy (non-hydrogen) atoms. The number of esters is 1. The largest absolute Gasteiger partial charge is 0.444 e. The van der Waals surface area contributed by atoms with Crippen molar-refractivity contribution in [3.8, 4) is 0 Å². The van der Waals surface area contributed by atoms with Crippen LogP contribution in [0.3, 0.4) is 0 Å². The Labute approximate surface area is 201 Å². The molecule has 0 saturated heterocycles. The van der Waals surface area contributed by atoms with E-state index in [4.69, 9.17) is 4.74 Å². The zero-order chi connectivity index (χ0) is 24.8. The van der Waals surface area contributed by atoms with Crippen LogP contribution < -0.4 is 5.32 Å². The average molecular weight is 467 g/mol. The molecule has 1 heterocycles. The van der Waals surface area contributed by atoms with E-state index in [9.17, 15) is 19.7 Å². The number of para-hydroxylation sites is 1. The summed E-state index contributed by atoms with van der Waals surface area (Å²) in [5.41, 5.74) is 2.19. The number of nitro groups is 1. The Morgan fingerprint density at radius 3 is 2.51 bits per heavy atom. The van der Waals surface area contributed by atoms with Crippen LogP contribution in [0.25, 0.3) is 17.0 Å². The normalized spacial score (nSPS) is 11.8. The van der Waals surface area contributed by atoms with Crippen LogP contribution in [0.5, 0.6) is 0 Å². The van der Waals surface area contributed by atoms with E-state index in [1.165, 1.54) is 24.3 Å². The van der Waals surface area contributed by atoms with Crippen molar-refractivity contribution in [3.63, 3.8) is 0 Å². The minimum Gasteiger partial charge on any atom is -0.444 e. The molecule has 0 spiro atoms. The summed E-state index contributed by atoms with van der Waals surface area (Å²) >= 11 is 0. The number of benzene rings is 3. The zero-order valence-electron chi connectivity index (χ0n) is 18.8. The predicted octanol–water partition coefficient (Wildman–Crippen LogP) is 5.39. The second kappa shape index (κ2) is 10.4. The van der Waals surface area contributed by atoms with Crippen LogP contribution in [-0.4, -0.2) is 21.8 Å². The summed E-state index contributed by atoms with van der Waals surface area (Å²) in [7, 11) is 0. The summed E-state index contributed by atoms with van der Waals surface area (Å²) < 4.78 is 5.47. The fourth-order valence-electron chi connectivity index (χ4n) is 3.48. The summed E-state index contributed by atoms with van der Waals surface area (Å²) in [6.07, 6.45) is 1.37. The maximum Gasteiger partial charge on any atom is 0.331 e. The van der Waals surface area contributed by atoms with Crippen molar-refractivity contribution in [1.82, 2.24) is 4.98 Å². The van der Waals surface area contributed by atoms with Crippen molar-refractivity contribution >= 4 is 40.2 Å². The molecule has 0 bridgehead atoms. The van der Waals surface area contributed by atoms with Gasteiger partial charge in [-0.25, -0.2) is 9.78 Å². The first-order valence-electron chi connectivity index (χ1n) is 10.8. The lowest BCUT2D eigenvalue weighted by atomic mass is 10.1. The SMILES string of the molecule is Cc1ccc(NC(=O)C(OC(=O)/C=C/c2ccc3ccccc3n2)c2ccccc2)c([N+](=O)[O-])c1. The number of pyridine rings is 1. The molecule has 4 aromatic rings. The third-order valence-electron chi connectivity index (χ3n) is 5.19. The number of aromatic nitrogens is 1. The van der Waals surface area contributed by atoms with Crippen molar-refractivity contribution in [2.45, 2.75) is 13.0 Å². The van der Waals surface area contributed by atoms with E-state index in [0.29, 0.717) is 16.8 Å². The van der Waals surface area contributed by atoms with E-state index in [0.717, 1.165) is 10.9 Å². The average Bonchev–Trinajstić information content (AvgIpc) is 2.87. The number of nitro benzene ring substituents is 1. The Kier molecular flexibility index (Phi) is 6.92. The number of carbonyl (C=O) groups is 2. The molecule has 0 aliphatic rings. The highest BCUT2D eigenvalue weighted by Crippen LogP contribution is 2.28. The summed E-state index contributed by atoms with van der Waals surface area (Å²) in [6.45, 7) is 1.71. The first kappa shape index (κ1) is 23.3. The van der Waals surface area contributed by atoms with Crippen LogP contribution in [0.4, 0.5) is 11.4 Å². The van der Waals surface area contributed by atoms with Crippen LogP contribution in [0.15, 0.2) is 91.0 Å². The molecule has 1 atom stereocenters. The highest BCUT2D eigenvalue weighted by atomic mass is 16.6. The highest BCUT2D eigenvalue weighted by Gasteiger charge is 2.26. The number of carbonyl (C=O) groups excluding carboxylic acids is 2. The van der Waals surface area contributed by atoms with Crippen LogP contribution in [-0.2, 0) is 14.3 Å². The molecule has 174 valence electrons. The van der Waals surface area contributed by atoms with Crippen LogP contribution in [0.1, 0.15) is 22.9 Å². The highest BCUT2D eigenvalue weighted by molar-refractivity contribution is 5.99. The van der Waals surface area contributed by atoms with Gasteiger partial charge in [-0.15, -0.1) is 0 Å². The monoisotopic (exact) mass is 467 g/mol. The van der Waals surface area contributed by atoms with Gasteiger partial charge in [0.25, 0.3) is 11.6 Å². The summed E-state index contributed by atoms with van der Waals surface area (Å²) in [5.74, 6) is -1.48. The fraction of sp³-hybridized carbons (Fsp3) is 0.0741. The number of hydrogen-bond donors (Lipinski definition) is 1. The number of anilines is 1. The van der Waals surface area contributed by atoms with Gasteiger partial charge in [-0.2, -0.15) is 0 Å². The fourth-order valence-corrected chi connectivity index (χ4v) is 3.48. The number of ether oxygens (including phenoxy) is 1. The molecule has 1 N–H and O–H groups in total. The number of hydrogen-bond acceptors (Lipinski definition) is 6. The summed E-state index contributed by atoms with van der Waals surface area (Å²) in [4.78, 5) is 41.0. The van der Waals surface area contributed by atoms with Crippen LogP contribution >= 0.6 is 0 Å². The van der Waals surface area contributed by atoms with E-state index in [1.807, 2.05) is 30.3 Å². The van der Waals surface area contributed by atoms with Gasteiger partial charge in [0, 0.05) is 23.1 Å². The molecule has 8 heteroatoms. The standard InChI is InChI=1S/C27H21N3O5/c1-18-11-15-23(24(17-18)30(33)34)29-27(32)26(20-8-3-2-4-9-20)35-25(31)16-14-21-13-12-19-7-5-6-10-22(19)28-21/h2-17,26H,1H3,(H,29,32)/b16-14+. The predicted molar refractivity (Wildman–Crippen MR) is 133 cm³/mol. The zero-order valence-corrected chi connectivity index (χ0v) is 18.8. The molecular weight excluding hydrogens is 446 g/mol. The molecule has 8 nitrogen and oxygen atoms in total. The smallest absolute Gasteiger partial charge is 0.331 e. The van der Waals surface area contributed by atoms with Gasteiger partial charge in [-0.05, 0) is 36.8 Å². The van der Waals surface area contributed by atoms with Gasteiger partial charge < -0.3 is 10.1 Å². The van der Waals surface area contributed by atoms with Gasteiger partial charge in [-0.1, -0.05) is 60.7 Å². The molecule has 1 unspecified atom stereocenters. The molecule has 0 aliphatic heterocycles. The van der Waals surface area contributed by atoms with Gasteiger partial charge in [0.05, 0.1) is 16.1 Å². The van der Waals surface area contributed by atoms with Gasteiger partial charge in [0.15, 0.2) is 0 Å². The van der Waals surface area contributed by atoms with Crippen molar-refractivity contribution in [2.75, 3.05) is 5.32 Å². The number of rotatable bonds is 7. The van der Waals surface area contributed by atoms with Gasteiger partial charge in [0.1, 0.15) is 5.69 Å². The van der Waals surface area contributed by atoms with Gasteiger partial charge in [0.2, 0.25) is 6.10 Å². The van der Waals surface area contributed by atoms with Crippen LogP contribution in [0.2, 0.25) is 0 Å². The molecular formula is C27H21N3O5. The molecule has 0 fully saturated rings. The van der Waals surface area contributed by atoms with Crippen molar-refractivity contribution in [1.29, 1.82) is 0 Å². The molecule has 1 aromatic heterocycles. The number of fused-ring (bicyclic) bond motifs is 1. The van der Waals surface area contributed by atoms with Crippen LogP contribution in [0, 0.1) is 17.0 Å². The van der Waals surface area contributed by atoms with E-state index in [1.54, 1.807) is 49.4 Å². The van der Waals surface area contributed by atoms with Gasteiger partial charge >= 0.3 is 5.97 Å². The Balaban J connectivity index is 1.55. The summed E-state index contributed by atoms with van der Waals surface area (Å²) in [5, 5.41) is 14.9. The van der Waals surface area contributed by atoms with E-state index < -0.39 is 22.9 Å². The third kappa shape index (κ3) is 5.75. The van der Waals surface area contributed by atoms with E-state index in [-0.39, 0.29) is 11.4 Å². The molecule has 4 rings (SSSR count). The molecule has 1 amide bonds. The quantitative estimate of drug-likeness (QED) is 0.169. The van der Waals surface area contributed by atoms with Gasteiger partial charge in [-0.3, -0.25) is 14.9 Å². The second-order valence-corrected chi connectivity index (χ2v) is 7.76. The molecule has 0 radical (unpaired) electrons. The maximum atomic E-state index is 13.1. The Bertz CT molecular complexity index is 1430. The van der Waals surface area contributed by atoms with Crippen molar-refractivity contribution in [2.24, 2.45) is 0 Å². The lowest BCUT2D eigenvalue weighted by Crippen LogP contribution is -2.25. The Hall–Kier alpha value is -4.85. The molecule has 3 aromatic carbocycles. The summed E-state index contributed by atoms with van der Waals surface area (Å²) in [6, 6.07) is 24.1. The van der Waals surface area contributed by atoms with Crippen molar-refractivity contribution in [3.05, 3.63) is 118 Å².